The Bertz CT molecular complexity index is 464. The molecule has 0 aromatic heterocycles. The maximum absolute atomic E-state index is 6.11. The molecule has 21 heavy (non-hydrogen) atoms. The van der Waals surface area contributed by atoms with Crippen LogP contribution in [-0.2, 0) is 14.3 Å². The predicted octanol–water partition coefficient (Wildman–Crippen LogP) is 1.69. The number of ether oxygens (including phenoxy) is 2. The highest BCUT2D eigenvalue weighted by Crippen LogP contribution is 2.30. The Morgan fingerprint density at radius 1 is 1.24 bits per heavy atom. The van der Waals surface area contributed by atoms with Crippen LogP contribution in [0.3, 0.4) is 0 Å². The Labute approximate surface area is 125 Å². The van der Waals surface area contributed by atoms with Gasteiger partial charge < -0.3 is 14.8 Å². The number of fused-ring (bicyclic) bond motifs is 1. The molecule has 114 valence electrons. The summed E-state index contributed by atoms with van der Waals surface area (Å²) in [5.74, 6) is 0. The van der Waals surface area contributed by atoms with Crippen LogP contribution in [0.5, 0.6) is 0 Å². The molecular formula is C16H22N2O3. The Kier molecular flexibility index (Phi) is 3.82. The number of nitrogens with one attached hydrogen (secondary N) is 1. The van der Waals surface area contributed by atoms with Crippen molar-refractivity contribution in [3.63, 3.8) is 0 Å². The zero-order chi connectivity index (χ0) is 14.1. The monoisotopic (exact) mass is 290 g/mol. The standard InChI is InChI=1S/C16H22N2O3/c1-2-6-12(7-3-1)18-10-13-16(17-13)14(21-18)11-20-15-8-4-5-9-19-15/h1-3,6-7,13-17H,4-5,8-11H2. The summed E-state index contributed by atoms with van der Waals surface area (Å²) in [4.78, 5) is 6.11. The maximum atomic E-state index is 6.11. The lowest BCUT2D eigenvalue weighted by Crippen LogP contribution is -2.44. The summed E-state index contributed by atoms with van der Waals surface area (Å²) in [6.07, 6.45) is 3.35. The molecule has 0 bridgehead atoms. The summed E-state index contributed by atoms with van der Waals surface area (Å²) in [7, 11) is 0. The molecule has 1 aromatic carbocycles. The van der Waals surface area contributed by atoms with Crippen LogP contribution in [-0.4, -0.2) is 44.2 Å². The van der Waals surface area contributed by atoms with Crippen LogP contribution in [0.4, 0.5) is 5.69 Å². The van der Waals surface area contributed by atoms with E-state index in [2.05, 4.69) is 17.4 Å². The lowest BCUT2D eigenvalue weighted by Gasteiger charge is -2.33. The van der Waals surface area contributed by atoms with Gasteiger partial charge in [-0.15, -0.1) is 0 Å². The molecule has 0 aliphatic carbocycles. The summed E-state index contributed by atoms with van der Waals surface area (Å²) in [5, 5.41) is 5.46. The molecule has 3 saturated heterocycles. The van der Waals surface area contributed by atoms with Crippen LogP contribution >= 0.6 is 0 Å². The number of rotatable bonds is 4. The summed E-state index contributed by atoms with van der Waals surface area (Å²) >= 11 is 0. The minimum absolute atomic E-state index is 0.0494. The maximum Gasteiger partial charge on any atom is 0.157 e. The minimum atomic E-state index is -0.0494. The van der Waals surface area contributed by atoms with E-state index in [0.29, 0.717) is 18.7 Å². The lowest BCUT2D eigenvalue weighted by atomic mass is 10.1. The van der Waals surface area contributed by atoms with Gasteiger partial charge in [-0.25, -0.2) is 0 Å². The first-order valence-electron chi connectivity index (χ1n) is 7.89. The molecule has 0 amide bonds. The number of anilines is 1. The zero-order valence-electron chi connectivity index (χ0n) is 12.1. The van der Waals surface area contributed by atoms with Crippen molar-refractivity contribution in [3.8, 4) is 0 Å². The van der Waals surface area contributed by atoms with Crippen molar-refractivity contribution < 1.29 is 14.3 Å². The molecule has 3 aliphatic rings. The molecular weight excluding hydrogens is 268 g/mol. The highest BCUT2D eigenvalue weighted by Gasteiger charge is 2.49. The first-order chi connectivity index (χ1) is 10.4. The molecule has 0 spiro atoms. The number of benzene rings is 1. The molecule has 4 unspecified atom stereocenters. The molecule has 0 radical (unpaired) electrons. The quantitative estimate of drug-likeness (QED) is 0.855. The Morgan fingerprint density at radius 2 is 2.14 bits per heavy atom. The lowest BCUT2D eigenvalue weighted by molar-refractivity contribution is -0.182. The fourth-order valence-electron chi connectivity index (χ4n) is 3.11. The van der Waals surface area contributed by atoms with Crippen molar-refractivity contribution in [1.29, 1.82) is 0 Å². The third kappa shape index (κ3) is 3.06. The van der Waals surface area contributed by atoms with Crippen LogP contribution in [0.25, 0.3) is 0 Å². The second-order valence-electron chi connectivity index (χ2n) is 5.97. The van der Waals surface area contributed by atoms with Crippen LogP contribution in [0.2, 0.25) is 0 Å². The Balaban J connectivity index is 1.35. The van der Waals surface area contributed by atoms with E-state index in [1.54, 1.807) is 0 Å². The van der Waals surface area contributed by atoms with Crippen molar-refractivity contribution in [2.45, 2.75) is 43.7 Å². The van der Waals surface area contributed by atoms with Gasteiger partial charge in [-0.3, -0.25) is 9.90 Å². The van der Waals surface area contributed by atoms with Gasteiger partial charge in [-0.05, 0) is 31.4 Å². The first kappa shape index (κ1) is 13.5. The van der Waals surface area contributed by atoms with E-state index in [1.165, 1.54) is 6.42 Å². The SMILES string of the molecule is c1ccc(N2CC3NC3C(COC3CCCCO3)O2)cc1. The van der Waals surface area contributed by atoms with Gasteiger partial charge in [0, 0.05) is 12.6 Å². The second-order valence-corrected chi connectivity index (χ2v) is 5.97. The molecule has 3 heterocycles. The summed E-state index contributed by atoms with van der Waals surface area (Å²) in [5.41, 5.74) is 1.10. The van der Waals surface area contributed by atoms with Crippen molar-refractivity contribution in [3.05, 3.63) is 30.3 Å². The van der Waals surface area contributed by atoms with Gasteiger partial charge in [-0.1, -0.05) is 18.2 Å². The minimum Gasteiger partial charge on any atom is -0.353 e. The molecule has 4 rings (SSSR count). The first-order valence-corrected chi connectivity index (χ1v) is 7.89. The highest BCUT2D eigenvalue weighted by molar-refractivity contribution is 5.44. The number of para-hydroxylation sites is 1. The van der Waals surface area contributed by atoms with Gasteiger partial charge in [0.2, 0.25) is 0 Å². The summed E-state index contributed by atoms with van der Waals surface area (Å²) < 4.78 is 11.5. The van der Waals surface area contributed by atoms with Gasteiger partial charge in [0.15, 0.2) is 6.29 Å². The Morgan fingerprint density at radius 3 is 2.95 bits per heavy atom. The number of hydrogen-bond donors (Lipinski definition) is 1. The third-order valence-electron chi connectivity index (χ3n) is 4.39. The van der Waals surface area contributed by atoms with E-state index >= 15 is 0 Å². The molecule has 3 fully saturated rings. The van der Waals surface area contributed by atoms with E-state index < -0.39 is 0 Å². The number of hydroxylamine groups is 1. The van der Waals surface area contributed by atoms with Gasteiger partial charge in [0.05, 0.1) is 24.9 Å². The van der Waals surface area contributed by atoms with Crippen molar-refractivity contribution in [2.75, 3.05) is 24.8 Å². The van der Waals surface area contributed by atoms with E-state index in [9.17, 15) is 0 Å². The fourth-order valence-corrected chi connectivity index (χ4v) is 3.11. The largest absolute Gasteiger partial charge is 0.353 e. The third-order valence-corrected chi connectivity index (χ3v) is 4.39. The second kappa shape index (κ2) is 5.93. The van der Waals surface area contributed by atoms with Gasteiger partial charge in [0.25, 0.3) is 0 Å². The van der Waals surface area contributed by atoms with Crippen molar-refractivity contribution >= 4 is 5.69 Å². The summed E-state index contributed by atoms with van der Waals surface area (Å²) in [6.45, 7) is 2.30. The number of hydrogen-bond acceptors (Lipinski definition) is 5. The van der Waals surface area contributed by atoms with Crippen LogP contribution in [0.15, 0.2) is 30.3 Å². The summed E-state index contributed by atoms with van der Waals surface area (Å²) in [6, 6.07) is 11.2. The predicted molar refractivity (Wildman–Crippen MR) is 78.9 cm³/mol. The number of nitrogens with zero attached hydrogens (tertiary/aromatic N) is 1. The van der Waals surface area contributed by atoms with Crippen LogP contribution in [0.1, 0.15) is 19.3 Å². The molecule has 5 nitrogen and oxygen atoms in total. The molecule has 5 heteroatoms. The van der Waals surface area contributed by atoms with E-state index in [-0.39, 0.29) is 12.4 Å². The molecule has 1 N–H and O–H groups in total. The molecule has 1 aromatic rings. The molecule has 3 aliphatic heterocycles. The highest BCUT2D eigenvalue weighted by atomic mass is 16.7. The van der Waals surface area contributed by atoms with E-state index in [4.69, 9.17) is 14.3 Å². The Hall–Kier alpha value is -1.14. The topological polar surface area (TPSA) is 52.9 Å². The van der Waals surface area contributed by atoms with E-state index in [0.717, 1.165) is 31.7 Å². The van der Waals surface area contributed by atoms with Crippen LogP contribution < -0.4 is 10.4 Å². The normalized spacial score (nSPS) is 35.3. The smallest absolute Gasteiger partial charge is 0.157 e. The van der Waals surface area contributed by atoms with Crippen molar-refractivity contribution in [2.24, 2.45) is 0 Å². The average Bonchev–Trinajstić information content (AvgIpc) is 3.34. The van der Waals surface area contributed by atoms with Crippen LogP contribution in [0, 0.1) is 0 Å². The molecule has 4 atom stereocenters. The molecule has 0 saturated carbocycles. The van der Waals surface area contributed by atoms with Gasteiger partial charge in [0.1, 0.15) is 6.10 Å². The van der Waals surface area contributed by atoms with Gasteiger partial charge >= 0.3 is 0 Å². The average molecular weight is 290 g/mol. The van der Waals surface area contributed by atoms with E-state index in [1.807, 2.05) is 23.3 Å². The van der Waals surface area contributed by atoms with Gasteiger partial charge in [-0.2, -0.15) is 0 Å². The van der Waals surface area contributed by atoms with Crippen molar-refractivity contribution in [1.82, 2.24) is 5.32 Å². The zero-order valence-corrected chi connectivity index (χ0v) is 12.1. The fraction of sp³-hybridized carbons (Fsp3) is 0.625.